The standard InChI is InChI=1S/C28H44N4O5/c1-9-10-19(5)30-25(34)24(20-12-16(2)11-17(3)13-20)32(22-14-18(22)4)26(35)21(15-23(29)33)31-27(36)37-28(6,7)8/h11-13,18-19,21-22,24H,9-10,14-15H2,1-8H3,(H2,29,33)(H,30,34)(H,31,36). The maximum Gasteiger partial charge on any atom is 0.408 e. The van der Waals surface area contributed by atoms with E-state index < -0.39 is 42.0 Å². The highest BCUT2D eigenvalue weighted by Gasteiger charge is 2.48. The quantitative estimate of drug-likeness (QED) is 0.413. The van der Waals surface area contributed by atoms with E-state index in [2.05, 4.69) is 10.6 Å². The number of carbonyl (C=O) groups is 4. The van der Waals surface area contributed by atoms with Crippen LogP contribution in [-0.4, -0.2) is 52.4 Å². The summed E-state index contributed by atoms with van der Waals surface area (Å²) in [5.74, 6) is -1.42. The molecule has 5 atom stereocenters. The Morgan fingerprint density at radius 2 is 1.68 bits per heavy atom. The molecule has 37 heavy (non-hydrogen) atoms. The molecule has 0 spiro atoms. The zero-order valence-corrected chi connectivity index (χ0v) is 23.5. The Morgan fingerprint density at radius 1 is 1.11 bits per heavy atom. The van der Waals surface area contributed by atoms with Crippen molar-refractivity contribution in [3.05, 3.63) is 34.9 Å². The highest BCUT2D eigenvalue weighted by molar-refractivity contribution is 5.95. The second kappa shape index (κ2) is 12.4. The van der Waals surface area contributed by atoms with Crippen LogP contribution < -0.4 is 16.4 Å². The number of aryl methyl sites for hydroxylation is 2. The summed E-state index contributed by atoms with van der Waals surface area (Å²) in [6.07, 6.45) is 1.16. The molecule has 1 aromatic rings. The molecule has 0 bridgehead atoms. The lowest BCUT2D eigenvalue weighted by molar-refractivity contribution is -0.144. The highest BCUT2D eigenvalue weighted by Crippen LogP contribution is 2.41. The first-order valence-corrected chi connectivity index (χ1v) is 13.1. The largest absolute Gasteiger partial charge is 0.444 e. The van der Waals surface area contributed by atoms with Crippen molar-refractivity contribution in [2.45, 2.75) is 111 Å². The third-order valence-electron chi connectivity index (χ3n) is 6.27. The van der Waals surface area contributed by atoms with Gasteiger partial charge in [-0.3, -0.25) is 14.4 Å². The summed E-state index contributed by atoms with van der Waals surface area (Å²) < 4.78 is 5.33. The minimum absolute atomic E-state index is 0.0826. The average molecular weight is 517 g/mol. The number of amides is 4. The van der Waals surface area contributed by atoms with Crippen LogP contribution in [0, 0.1) is 19.8 Å². The van der Waals surface area contributed by atoms with Crippen molar-refractivity contribution in [2.24, 2.45) is 11.7 Å². The zero-order valence-electron chi connectivity index (χ0n) is 23.5. The van der Waals surface area contributed by atoms with E-state index in [-0.39, 0.29) is 23.9 Å². The summed E-state index contributed by atoms with van der Waals surface area (Å²) in [5.41, 5.74) is 7.27. The van der Waals surface area contributed by atoms with Gasteiger partial charge in [-0.2, -0.15) is 0 Å². The van der Waals surface area contributed by atoms with Gasteiger partial charge in [0.05, 0.1) is 6.42 Å². The number of nitrogens with one attached hydrogen (secondary N) is 2. The van der Waals surface area contributed by atoms with E-state index in [9.17, 15) is 19.2 Å². The van der Waals surface area contributed by atoms with E-state index in [0.29, 0.717) is 12.0 Å². The number of nitrogens with zero attached hydrogens (tertiary/aromatic N) is 1. The van der Waals surface area contributed by atoms with Gasteiger partial charge in [-0.1, -0.05) is 49.6 Å². The van der Waals surface area contributed by atoms with Crippen LogP contribution in [0.2, 0.25) is 0 Å². The Bertz CT molecular complexity index is 983. The van der Waals surface area contributed by atoms with Crippen LogP contribution in [0.4, 0.5) is 4.79 Å². The first-order valence-electron chi connectivity index (χ1n) is 13.1. The van der Waals surface area contributed by atoms with E-state index in [1.165, 1.54) is 4.90 Å². The molecule has 0 aliphatic heterocycles. The molecule has 1 fully saturated rings. The molecule has 9 nitrogen and oxygen atoms in total. The van der Waals surface area contributed by atoms with E-state index in [4.69, 9.17) is 10.5 Å². The number of rotatable bonds is 11. The Balaban J connectivity index is 2.54. The molecule has 0 radical (unpaired) electrons. The molecule has 1 saturated carbocycles. The summed E-state index contributed by atoms with van der Waals surface area (Å²) in [5, 5.41) is 5.59. The fourth-order valence-electron chi connectivity index (χ4n) is 4.64. The Labute approximate surface area is 220 Å². The van der Waals surface area contributed by atoms with Gasteiger partial charge in [-0.25, -0.2) is 4.79 Å². The Morgan fingerprint density at radius 3 is 2.14 bits per heavy atom. The molecule has 206 valence electrons. The van der Waals surface area contributed by atoms with E-state index >= 15 is 0 Å². The fraction of sp³-hybridized carbons (Fsp3) is 0.643. The summed E-state index contributed by atoms with van der Waals surface area (Å²) in [6, 6.07) is 3.30. The number of carbonyl (C=O) groups excluding carboxylic acids is 4. The number of nitrogens with two attached hydrogens (primary N) is 1. The van der Waals surface area contributed by atoms with Crippen molar-refractivity contribution < 1.29 is 23.9 Å². The lowest BCUT2D eigenvalue weighted by Crippen LogP contribution is -2.55. The number of benzene rings is 1. The van der Waals surface area contributed by atoms with E-state index in [1.54, 1.807) is 20.8 Å². The monoisotopic (exact) mass is 516 g/mol. The molecule has 9 heteroatoms. The molecular formula is C28H44N4O5. The summed E-state index contributed by atoms with van der Waals surface area (Å²) in [4.78, 5) is 53.9. The van der Waals surface area contributed by atoms with Gasteiger partial charge in [0.15, 0.2) is 0 Å². The molecule has 0 heterocycles. The van der Waals surface area contributed by atoms with Gasteiger partial charge in [0.2, 0.25) is 17.7 Å². The first-order chi connectivity index (χ1) is 17.1. The molecule has 1 aliphatic carbocycles. The Kier molecular flexibility index (Phi) is 10.1. The lowest BCUT2D eigenvalue weighted by atomic mass is 9.97. The van der Waals surface area contributed by atoms with Crippen LogP contribution in [0.15, 0.2) is 18.2 Å². The Hall–Kier alpha value is -3.10. The van der Waals surface area contributed by atoms with Crippen LogP contribution in [0.25, 0.3) is 0 Å². The van der Waals surface area contributed by atoms with Crippen LogP contribution in [0.1, 0.15) is 90.0 Å². The van der Waals surface area contributed by atoms with Crippen LogP contribution >= 0.6 is 0 Å². The van der Waals surface area contributed by atoms with Crippen LogP contribution in [0.3, 0.4) is 0 Å². The van der Waals surface area contributed by atoms with Gasteiger partial charge in [0.1, 0.15) is 17.7 Å². The molecule has 0 aromatic heterocycles. The molecule has 2 rings (SSSR count). The van der Waals surface area contributed by atoms with Gasteiger partial charge in [0, 0.05) is 12.1 Å². The molecule has 5 unspecified atom stereocenters. The molecule has 4 amide bonds. The van der Waals surface area contributed by atoms with Crippen molar-refractivity contribution in [3.63, 3.8) is 0 Å². The van der Waals surface area contributed by atoms with Crippen LogP contribution in [-0.2, 0) is 19.1 Å². The van der Waals surface area contributed by atoms with E-state index in [0.717, 1.165) is 24.0 Å². The molecule has 0 saturated heterocycles. The predicted octanol–water partition coefficient (Wildman–Crippen LogP) is 3.66. The third-order valence-corrected chi connectivity index (χ3v) is 6.27. The van der Waals surface area contributed by atoms with E-state index in [1.807, 2.05) is 52.8 Å². The molecule has 1 aromatic carbocycles. The van der Waals surface area contributed by atoms with Gasteiger partial charge in [0.25, 0.3) is 0 Å². The lowest BCUT2D eigenvalue weighted by Gasteiger charge is -2.35. The highest BCUT2D eigenvalue weighted by atomic mass is 16.6. The number of hydrogen-bond donors (Lipinski definition) is 3. The van der Waals surface area contributed by atoms with Gasteiger partial charge < -0.3 is 26.0 Å². The molecular weight excluding hydrogens is 472 g/mol. The van der Waals surface area contributed by atoms with Crippen molar-refractivity contribution in [2.75, 3.05) is 0 Å². The second-order valence-electron chi connectivity index (χ2n) is 11.4. The van der Waals surface area contributed by atoms with Gasteiger partial charge >= 0.3 is 6.09 Å². The van der Waals surface area contributed by atoms with Crippen LogP contribution in [0.5, 0.6) is 0 Å². The van der Waals surface area contributed by atoms with Crippen molar-refractivity contribution in [1.29, 1.82) is 0 Å². The fourth-order valence-corrected chi connectivity index (χ4v) is 4.64. The number of primary amides is 1. The number of hydrogen-bond acceptors (Lipinski definition) is 5. The SMILES string of the molecule is CCCC(C)NC(=O)C(c1cc(C)cc(C)c1)N(C(=O)C(CC(N)=O)NC(=O)OC(C)(C)C)C1CC1C. The second-order valence-corrected chi connectivity index (χ2v) is 11.4. The maximum atomic E-state index is 14.1. The minimum atomic E-state index is -1.27. The predicted molar refractivity (Wildman–Crippen MR) is 143 cm³/mol. The average Bonchev–Trinajstić information content (AvgIpc) is 3.44. The minimum Gasteiger partial charge on any atom is -0.444 e. The zero-order chi connectivity index (χ0) is 28.1. The summed E-state index contributed by atoms with van der Waals surface area (Å²) in [6.45, 7) is 15.0. The number of ether oxygens (including phenoxy) is 1. The van der Waals surface area contributed by atoms with Gasteiger partial charge in [-0.15, -0.1) is 0 Å². The smallest absolute Gasteiger partial charge is 0.408 e. The molecule has 1 aliphatic rings. The van der Waals surface area contributed by atoms with Crippen molar-refractivity contribution in [1.82, 2.24) is 15.5 Å². The topological polar surface area (TPSA) is 131 Å². The maximum absolute atomic E-state index is 14.1. The summed E-state index contributed by atoms with van der Waals surface area (Å²) >= 11 is 0. The third kappa shape index (κ3) is 9.05. The number of alkyl carbamates (subject to hydrolysis) is 1. The summed E-state index contributed by atoms with van der Waals surface area (Å²) in [7, 11) is 0. The first kappa shape index (κ1) is 30.1. The van der Waals surface area contributed by atoms with Crippen molar-refractivity contribution in [3.8, 4) is 0 Å². The van der Waals surface area contributed by atoms with Crippen molar-refractivity contribution >= 4 is 23.8 Å². The van der Waals surface area contributed by atoms with Gasteiger partial charge in [-0.05, 0) is 65.9 Å². The molecule has 4 N–H and O–H groups in total. The normalized spacial score (nSPS) is 19.2.